The second-order valence-electron chi connectivity index (χ2n) is 9.59. The average Bonchev–Trinajstić information content (AvgIpc) is 3.18. The summed E-state index contributed by atoms with van der Waals surface area (Å²) in [6, 6.07) is 6.03. The van der Waals surface area contributed by atoms with Gasteiger partial charge in [0.25, 0.3) is 0 Å². The molecule has 2 saturated heterocycles. The lowest BCUT2D eigenvalue weighted by molar-refractivity contribution is -0.136. The third kappa shape index (κ3) is 4.43. The highest BCUT2D eigenvalue weighted by Crippen LogP contribution is 2.33. The van der Waals surface area contributed by atoms with Crippen LogP contribution in [0.4, 0.5) is 5.82 Å². The summed E-state index contributed by atoms with van der Waals surface area (Å²) in [6.45, 7) is 5.77. The number of pyridine rings is 1. The Morgan fingerprint density at radius 3 is 2.67 bits per heavy atom. The number of aromatic nitrogens is 3. The van der Waals surface area contributed by atoms with E-state index >= 15 is 0 Å². The van der Waals surface area contributed by atoms with Crippen LogP contribution in [0.5, 0.6) is 0 Å². The molecule has 2 aromatic heterocycles. The lowest BCUT2D eigenvalue weighted by atomic mass is 9.94. The van der Waals surface area contributed by atoms with Crippen molar-refractivity contribution in [3.05, 3.63) is 47.2 Å². The highest BCUT2D eigenvalue weighted by atomic mass is 16.2. The van der Waals surface area contributed by atoms with Crippen molar-refractivity contribution < 1.29 is 9.59 Å². The van der Waals surface area contributed by atoms with Crippen molar-refractivity contribution in [2.24, 2.45) is 5.92 Å². The Balaban J connectivity index is 1.29. The molecule has 0 aliphatic carbocycles. The van der Waals surface area contributed by atoms with Gasteiger partial charge in [-0.15, -0.1) is 0 Å². The van der Waals surface area contributed by atoms with Crippen LogP contribution in [0.1, 0.15) is 54.4 Å². The lowest BCUT2D eigenvalue weighted by Gasteiger charge is -2.34. The zero-order valence-corrected chi connectivity index (χ0v) is 19.5. The van der Waals surface area contributed by atoms with Crippen LogP contribution in [0, 0.1) is 12.8 Å². The molecule has 2 aromatic rings. The van der Waals surface area contributed by atoms with E-state index in [-0.39, 0.29) is 23.7 Å². The third-order valence-corrected chi connectivity index (χ3v) is 7.30. The fourth-order valence-corrected chi connectivity index (χ4v) is 5.38. The predicted octanol–water partition coefficient (Wildman–Crippen LogP) is 2.32. The molecule has 33 heavy (non-hydrogen) atoms. The van der Waals surface area contributed by atoms with Crippen molar-refractivity contribution in [2.75, 3.05) is 38.1 Å². The van der Waals surface area contributed by atoms with Crippen molar-refractivity contribution >= 4 is 17.6 Å². The van der Waals surface area contributed by atoms with Gasteiger partial charge in [0, 0.05) is 63.0 Å². The monoisotopic (exact) mass is 448 g/mol. The van der Waals surface area contributed by atoms with E-state index in [1.807, 2.05) is 23.2 Å². The van der Waals surface area contributed by atoms with Gasteiger partial charge in [-0.25, -0.2) is 9.97 Å². The van der Waals surface area contributed by atoms with Gasteiger partial charge in [0.15, 0.2) is 0 Å². The molecular weight excluding hydrogens is 416 g/mol. The summed E-state index contributed by atoms with van der Waals surface area (Å²) in [6.07, 6.45) is 6.02. The fraction of sp³-hybridized carbons (Fsp3) is 0.560. The summed E-state index contributed by atoms with van der Waals surface area (Å²) >= 11 is 0. The standard InChI is InChI=1S/C25H32N6O2/c1-17-21-7-5-11-31(16-20-6-3-4-10-26-20)24(21)28-23(27-17)18-8-12-30(13-9-18)25(33)19-14-22(32)29(2)15-19/h3-4,6,10,18-19H,5,7-9,11-16H2,1-2H3. The maximum atomic E-state index is 12.9. The molecule has 3 aliphatic rings. The largest absolute Gasteiger partial charge is 0.350 e. The molecule has 2 amide bonds. The minimum Gasteiger partial charge on any atom is -0.350 e. The summed E-state index contributed by atoms with van der Waals surface area (Å²) < 4.78 is 0. The molecule has 8 heteroatoms. The number of anilines is 1. The van der Waals surface area contributed by atoms with Crippen molar-refractivity contribution in [2.45, 2.75) is 51.5 Å². The van der Waals surface area contributed by atoms with E-state index < -0.39 is 0 Å². The number of hydrogen-bond donors (Lipinski definition) is 0. The maximum Gasteiger partial charge on any atom is 0.227 e. The Morgan fingerprint density at radius 2 is 1.97 bits per heavy atom. The van der Waals surface area contributed by atoms with Gasteiger partial charge in [0.2, 0.25) is 11.8 Å². The highest BCUT2D eigenvalue weighted by Gasteiger charge is 2.36. The van der Waals surface area contributed by atoms with Crippen LogP contribution < -0.4 is 4.90 Å². The molecule has 2 fully saturated rings. The second kappa shape index (κ2) is 9.08. The fourth-order valence-electron chi connectivity index (χ4n) is 5.38. The zero-order valence-electron chi connectivity index (χ0n) is 19.5. The number of aryl methyl sites for hydroxylation is 1. The van der Waals surface area contributed by atoms with E-state index in [0.29, 0.717) is 26.1 Å². The van der Waals surface area contributed by atoms with Gasteiger partial charge >= 0.3 is 0 Å². The first-order valence-electron chi connectivity index (χ1n) is 12.0. The summed E-state index contributed by atoms with van der Waals surface area (Å²) in [5, 5.41) is 0. The summed E-state index contributed by atoms with van der Waals surface area (Å²) in [5.74, 6) is 2.21. The molecule has 8 nitrogen and oxygen atoms in total. The molecule has 0 bridgehead atoms. The van der Waals surface area contributed by atoms with Crippen LogP contribution in [-0.2, 0) is 22.6 Å². The SMILES string of the molecule is Cc1nc(C2CCN(C(=O)C3CC(=O)N(C)C3)CC2)nc2c1CCCN2Cc1ccccn1. The third-order valence-electron chi connectivity index (χ3n) is 7.30. The summed E-state index contributed by atoms with van der Waals surface area (Å²) in [7, 11) is 1.77. The van der Waals surface area contributed by atoms with E-state index in [4.69, 9.17) is 9.97 Å². The van der Waals surface area contributed by atoms with Crippen molar-refractivity contribution in [3.63, 3.8) is 0 Å². The second-order valence-corrected chi connectivity index (χ2v) is 9.59. The Kier molecular flexibility index (Phi) is 6.00. The first-order valence-corrected chi connectivity index (χ1v) is 12.0. The van der Waals surface area contributed by atoms with Gasteiger partial charge < -0.3 is 14.7 Å². The van der Waals surface area contributed by atoms with Crippen molar-refractivity contribution in [3.8, 4) is 0 Å². The first kappa shape index (κ1) is 21.8. The van der Waals surface area contributed by atoms with Crippen molar-refractivity contribution in [1.29, 1.82) is 0 Å². The van der Waals surface area contributed by atoms with E-state index in [1.54, 1.807) is 11.9 Å². The number of nitrogens with zero attached hydrogens (tertiary/aromatic N) is 6. The molecule has 0 spiro atoms. The Morgan fingerprint density at radius 1 is 1.15 bits per heavy atom. The normalized spacial score (nSPS) is 21.5. The van der Waals surface area contributed by atoms with E-state index in [9.17, 15) is 9.59 Å². The number of likely N-dealkylation sites (tertiary alicyclic amines) is 2. The molecule has 0 saturated carbocycles. The van der Waals surface area contributed by atoms with Crippen LogP contribution in [0.15, 0.2) is 24.4 Å². The van der Waals surface area contributed by atoms with Gasteiger partial charge in [-0.3, -0.25) is 14.6 Å². The zero-order chi connectivity index (χ0) is 22.9. The van der Waals surface area contributed by atoms with Crippen LogP contribution in [0.25, 0.3) is 0 Å². The molecule has 3 aliphatic heterocycles. The van der Waals surface area contributed by atoms with Crippen LogP contribution in [-0.4, -0.2) is 69.8 Å². The van der Waals surface area contributed by atoms with E-state index in [0.717, 1.165) is 61.8 Å². The van der Waals surface area contributed by atoms with E-state index in [1.165, 1.54) is 5.56 Å². The number of fused-ring (bicyclic) bond motifs is 1. The molecule has 174 valence electrons. The highest BCUT2D eigenvalue weighted by molar-refractivity contribution is 5.89. The summed E-state index contributed by atoms with van der Waals surface area (Å²) in [5.41, 5.74) is 3.38. The van der Waals surface area contributed by atoms with Gasteiger partial charge in [0.05, 0.1) is 18.2 Å². The molecule has 0 N–H and O–H groups in total. The maximum absolute atomic E-state index is 12.9. The molecule has 0 aromatic carbocycles. The molecule has 0 radical (unpaired) electrons. The topological polar surface area (TPSA) is 82.5 Å². The van der Waals surface area contributed by atoms with Gasteiger partial charge in [-0.1, -0.05) is 6.07 Å². The number of carbonyl (C=O) groups is 2. The Bertz CT molecular complexity index is 1030. The smallest absolute Gasteiger partial charge is 0.227 e. The molecule has 5 rings (SSSR count). The van der Waals surface area contributed by atoms with Gasteiger partial charge in [-0.2, -0.15) is 0 Å². The van der Waals surface area contributed by atoms with Crippen LogP contribution >= 0.6 is 0 Å². The molecule has 1 unspecified atom stereocenters. The number of carbonyl (C=O) groups excluding carboxylic acids is 2. The Hall–Kier alpha value is -3.03. The number of hydrogen-bond acceptors (Lipinski definition) is 6. The van der Waals surface area contributed by atoms with Gasteiger partial charge in [0.1, 0.15) is 11.6 Å². The van der Waals surface area contributed by atoms with Crippen LogP contribution in [0.2, 0.25) is 0 Å². The molecular formula is C25H32N6O2. The predicted molar refractivity (Wildman–Crippen MR) is 125 cm³/mol. The molecule has 5 heterocycles. The summed E-state index contributed by atoms with van der Waals surface area (Å²) in [4.78, 5) is 45.2. The lowest BCUT2D eigenvalue weighted by Crippen LogP contribution is -2.42. The average molecular weight is 449 g/mol. The first-order chi connectivity index (χ1) is 16.0. The van der Waals surface area contributed by atoms with Gasteiger partial charge in [-0.05, 0) is 44.7 Å². The minimum atomic E-state index is -0.193. The van der Waals surface area contributed by atoms with Crippen LogP contribution in [0.3, 0.4) is 0 Å². The molecule has 1 atom stereocenters. The minimum absolute atomic E-state index is 0.0661. The van der Waals surface area contributed by atoms with Crippen molar-refractivity contribution in [1.82, 2.24) is 24.8 Å². The Labute approximate surface area is 195 Å². The van der Waals surface area contributed by atoms with E-state index in [2.05, 4.69) is 22.9 Å². The number of rotatable bonds is 4. The quantitative estimate of drug-likeness (QED) is 0.714. The number of piperidine rings is 1. The number of amides is 2.